The summed E-state index contributed by atoms with van der Waals surface area (Å²) < 4.78 is 25.1. The Kier molecular flexibility index (Phi) is 8.34. The van der Waals surface area contributed by atoms with E-state index in [9.17, 15) is 19.2 Å². The molecule has 14 heteroatoms. The number of anilines is 1. The minimum atomic E-state index is -1.37. The summed E-state index contributed by atoms with van der Waals surface area (Å²) in [7, 11) is 0. The molecule has 2 aromatic heterocycles. The van der Waals surface area contributed by atoms with Gasteiger partial charge < -0.3 is 30.4 Å². The number of nitrogen functional groups attached to an aromatic ring is 1. The second-order valence-corrected chi connectivity index (χ2v) is 10.2. The largest absolute Gasteiger partial charge is 0.459 e. The topological polar surface area (TPSA) is 201 Å². The first-order valence-electron chi connectivity index (χ1n) is 14.0. The highest BCUT2D eigenvalue weighted by molar-refractivity contribution is 6.08. The number of carbonyl (C=O) groups excluding carboxylic acids is 4. The molecule has 0 saturated carbocycles. The molecule has 5 aromatic rings. The third-order valence-corrected chi connectivity index (χ3v) is 7.27. The van der Waals surface area contributed by atoms with Gasteiger partial charge in [0.1, 0.15) is 12.7 Å². The maximum atomic E-state index is 13.4. The average molecular weight is 623 g/mol. The Morgan fingerprint density at radius 2 is 1.26 bits per heavy atom. The number of nitrogens with zero attached hydrogens (tertiary/aromatic N) is 4. The van der Waals surface area contributed by atoms with E-state index in [1.54, 1.807) is 91.0 Å². The van der Waals surface area contributed by atoms with Gasteiger partial charge in [-0.15, -0.1) is 10.2 Å². The zero-order valence-corrected chi connectivity index (χ0v) is 24.0. The van der Waals surface area contributed by atoms with E-state index in [1.807, 2.05) is 0 Å². The van der Waals surface area contributed by atoms with E-state index in [4.69, 9.17) is 30.4 Å². The average Bonchev–Trinajstić information content (AvgIpc) is 3.64. The molecule has 4 atom stereocenters. The van der Waals surface area contributed by atoms with Crippen LogP contribution in [-0.4, -0.2) is 68.7 Å². The van der Waals surface area contributed by atoms with Gasteiger partial charge in [0.05, 0.1) is 27.6 Å². The summed E-state index contributed by atoms with van der Waals surface area (Å²) in [4.78, 5) is 52.1. The number of esters is 3. The highest BCUT2D eigenvalue weighted by Crippen LogP contribution is 2.38. The van der Waals surface area contributed by atoms with Gasteiger partial charge >= 0.3 is 17.9 Å². The fourth-order valence-corrected chi connectivity index (χ4v) is 5.09. The molecule has 4 N–H and O–H groups in total. The maximum absolute atomic E-state index is 13.4. The fourth-order valence-electron chi connectivity index (χ4n) is 5.09. The predicted molar refractivity (Wildman–Crippen MR) is 160 cm³/mol. The molecule has 0 spiro atoms. The lowest BCUT2D eigenvalue weighted by molar-refractivity contribution is -0.0605. The number of amides is 1. The minimum absolute atomic E-state index is 0.0297. The van der Waals surface area contributed by atoms with Crippen molar-refractivity contribution in [1.82, 2.24) is 20.0 Å². The molecule has 1 fully saturated rings. The monoisotopic (exact) mass is 622 g/mol. The van der Waals surface area contributed by atoms with Crippen LogP contribution < -0.4 is 11.5 Å². The number of nitrogens with two attached hydrogens (primary N) is 2. The van der Waals surface area contributed by atoms with Gasteiger partial charge in [-0.05, 0) is 41.6 Å². The first-order valence-corrected chi connectivity index (χ1v) is 14.0. The van der Waals surface area contributed by atoms with E-state index in [0.717, 1.165) is 0 Å². The van der Waals surface area contributed by atoms with Gasteiger partial charge in [-0.3, -0.25) is 9.36 Å². The molecule has 1 aliphatic rings. The summed E-state index contributed by atoms with van der Waals surface area (Å²) in [5.41, 5.74) is 12.3. The molecule has 0 bridgehead atoms. The molecule has 1 saturated heterocycles. The second-order valence-electron chi connectivity index (χ2n) is 10.2. The lowest BCUT2D eigenvalue weighted by Crippen LogP contribution is -2.41. The molecule has 1 aliphatic heterocycles. The van der Waals surface area contributed by atoms with Crippen molar-refractivity contribution in [2.75, 3.05) is 12.3 Å². The van der Waals surface area contributed by atoms with Crippen LogP contribution in [-0.2, 0) is 18.9 Å². The number of ether oxygens (including phenoxy) is 4. The summed E-state index contributed by atoms with van der Waals surface area (Å²) in [6.07, 6.45) is -3.85. The van der Waals surface area contributed by atoms with Gasteiger partial charge in [0.15, 0.2) is 29.9 Å². The molecule has 3 aromatic carbocycles. The molecule has 46 heavy (non-hydrogen) atoms. The molecule has 0 radical (unpaired) electrons. The van der Waals surface area contributed by atoms with E-state index >= 15 is 0 Å². The fraction of sp³-hybridized carbons (Fsp3) is 0.156. The number of aromatic nitrogens is 4. The van der Waals surface area contributed by atoms with E-state index in [2.05, 4.69) is 15.4 Å². The number of fused-ring (bicyclic) bond motifs is 1. The highest BCUT2D eigenvalue weighted by atomic mass is 16.7. The van der Waals surface area contributed by atoms with E-state index < -0.39 is 55.0 Å². The van der Waals surface area contributed by atoms with Crippen LogP contribution >= 0.6 is 0 Å². The van der Waals surface area contributed by atoms with Crippen LogP contribution in [0.15, 0.2) is 97.2 Å². The molecular formula is C32H26N6O8. The van der Waals surface area contributed by atoms with Gasteiger partial charge in [0.2, 0.25) is 0 Å². The van der Waals surface area contributed by atoms with Crippen LogP contribution in [0.5, 0.6) is 0 Å². The number of carbonyl (C=O) groups is 4. The Morgan fingerprint density at radius 3 is 1.80 bits per heavy atom. The van der Waals surface area contributed by atoms with Crippen LogP contribution in [0.3, 0.4) is 0 Å². The van der Waals surface area contributed by atoms with Crippen molar-refractivity contribution in [3.63, 3.8) is 0 Å². The van der Waals surface area contributed by atoms with Crippen molar-refractivity contribution >= 4 is 40.7 Å². The smallest absolute Gasteiger partial charge is 0.338 e. The molecular weight excluding hydrogens is 596 g/mol. The summed E-state index contributed by atoms with van der Waals surface area (Å²) >= 11 is 0. The Balaban J connectivity index is 1.42. The zero-order chi connectivity index (χ0) is 32.2. The van der Waals surface area contributed by atoms with Gasteiger partial charge in [-0.2, -0.15) is 0 Å². The van der Waals surface area contributed by atoms with Crippen molar-refractivity contribution < 1.29 is 38.1 Å². The Labute approximate surface area is 260 Å². The Morgan fingerprint density at radius 1 is 0.739 bits per heavy atom. The third-order valence-electron chi connectivity index (χ3n) is 7.27. The zero-order valence-electron chi connectivity index (χ0n) is 24.0. The maximum Gasteiger partial charge on any atom is 0.338 e. The highest BCUT2D eigenvalue weighted by Gasteiger charge is 2.52. The quantitative estimate of drug-likeness (QED) is 0.180. The minimum Gasteiger partial charge on any atom is -0.459 e. The molecule has 1 amide bonds. The standard InChI is InChI=1S/C32H26N6O8/c33-26-23-21(27(34)39)16-38(28(23)36-37-35-26)29-25(46-32(42)20-14-8-3-9-15-20)24(45-31(41)19-12-6-2-7-13-19)22(44-29)17-43-30(40)18-10-4-1-5-11-18/h1-16,22,24-25,29H,17H2,(H2,34,39)(H2,33,35,36)/t22-,24-,25-,29?/m1/s1. The van der Waals surface area contributed by atoms with Gasteiger partial charge in [0.25, 0.3) is 5.91 Å². The van der Waals surface area contributed by atoms with Crippen LogP contribution in [0.25, 0.3) is 11.0 Å². The van der Waals surface area contributed by atoms with Crippen molar-refractivity contribution in [2.24, 2.45) is 5.73 Å². The van der Waals surface area contributed by atoms with E-state index in [-0.39, 0.29) is 39.1 Å². The number of hydrogen-bond acceptors (Lipinski definition) is 12. The second kappa shape index (κ2) is 12.8. The lowest BCUT2D eigenvalue weighted by atomic mass is 10.1. The van der Waals surface area contributed by atoms with Gasteiger partial charge in [0, 0.05) is 6.20 Å². The predicted octanol–water partition coefficient (Wildman–Crippen LogP) is 2.71. The number of rotatable bonds is 9. The molecule has 232 valence electrons. The molecule has 14 nitrogen and oxygen atoms in total. The van der Waals surface area contributed by atoms with Crippen LogP contribution in [0.4, 0.5) is 5.82 Å². The normalized spacial score (nSPS) is 19.0. The van der Waals surface area contributed by atoms with E-state index in [1.165, 1.54) is 10.8 Å². The van der Waals surface area contributed by atoms with Crippen molar-refractivity contribution in [2.45, 2.75) is 24.5 Å². The molecule has 1 unspecified atom stereocenters. The van der Waals surface area contributed by atoms with Crippen molar-refractivity contribution in [1.29, 1.82) is 0 Å². The Bertz CT molecular complexity index is 1900. The van der Waals surface area contributed by atoms with Crippen LogP contribution in [0, 0.1) is 0 Å². The molecule has 3 heterocycles. The SMILES string of the molecule is NC(=O)c1cn(C2O[C@H](COC(=O)c3ccccc3)[C@@H](OC(=O)c3ccccc3)[C@H]2OC(=O)c2ccccc2)c2nnnc(N)c12. The number of benzene rings is 3. The van der Waals surface area contributed by atoms with Crippen LogP contribution in [0.1, 0.15) is 47.7 Å². The van der Waals surface area contributed by atoms with Crippen molar-refractivity contribution in [3.05, 3.63) is 119 Å². The first-order chi connectivity index (χ1) is 22.3. The summed E-state index contributed by atoms with van der Waals surface area (Å²) in [5, 5.41) is 11.5. The lowest BCUT2D eigenvalue weighted by Gasteiger charge is -2.25. The van der Waals surface area contributed by atoms with E-state index in [0.29, 0.717) is 0 Å². The van der Waals surface area contributed by atoms with Gasteiger partial charge in [-0.25, -0.2) is 14.4 Å². The summed E-state index contributed by atoms with van der Waals surface area (Å²) in [6, 6.07) is 24.5. The number of primary amides is 1. The number of hydrogen-bond donors (Lipinski definition) is 2. The van der Waals surface area contributed by atoms with Gasteiger partial charge in [-0.1, -0.05) is 54.6 Å². The molecule has 0 aliphatic carbocycles. The van der Waals surface area contributed by atoms with Crippen molar-refractivity contribution in [3.8, 4) is 0 Å². The third kappa shape index (κ3) is 5.96. The first kappa shape index (κ1) is 29.9. The Hall–Kier alpha value is -6.15. The van der Waals surface area contributed by atoms with Crippen LogP contribution in [0.2, 0.25) is 0 Å². The molecule has 6 rings (SSSR count). The summed E-state index contributed by atoms with van der Waals surface area (Å²) in [6.45, 7) is -0.409. The summed E-state index contributed by atoms with van der Waals surface area (Å²) in [5.74, 6) is -3.15.